The highest BCUT2D eigenvalue weighted by Gasteiger charge is 2.42. The zero-order valence-electron chi connectivity index (χ0n) is 12.2. The maximum Gasteiger partial charge on any atom is 0.250 e. The number of amides is 2. The van der Waals surface area contributed by atoms with Gasteiger partial charge in [-0.25, -0.2) is 4.39 Å². The molecule has 1 heterocycles. The Morgan fingerprint density at radius 1 is 1.38 bits per heavy atom. The maximum atomic E-state index is 13.6. The zero-order valence-corrected chi connectivity index (χ0v) is 13.8. The van der Waals surface area contributed by atoms with E-state index in [-0.39, 0.29) is 17.7 Å². The molecule has 1 aliphatic heterocycles. The van der Waals surface area contributed by atoms with E-state index in [2.05, 4.69) is 21.2 Å². The largest absolute Gasteiger partial charge is 0.342 e. The summed E-state index contributed by atoms with van der Waals surface area (Å²) in [5.74, 6) is -0.931. The molecule has 0 saturated carbocycles. The lowest BCUT2D eigenvalue weighted by Gasteiger charge is -2.41. The molecule has 1 N–H and O–H groups in total. The van der Waals surface area contributed by atoms with E-state index >= 15 is 0 Å². The molecule has 1 aliphatic rings. The lowest BCUT2D eigenvalue weighted by atomic mass is 9.95. The number of nitrogens with one attached hydrogen (secondary N) is 1. The van der Waals surface area contributed by atoms with Crippen molar-refractivity contribution in [2.24, 2.45) is 5.92 Å². The second-order valence-corrected chi connectivity index (χ2v) is 6.32. The number of piperazine rings is 1. The van der Waals surface area contributed by atoms with Gasteiger partial charge < -0.3 is 5.32 Å². The second kappa shape index (κ2) is 6.13. The van der Waals surface area contributed by atoms with Crippen LogP contribution in [0.4, 0.5) is 10.1 Å². The number of nitrogens with zero attached hydrogens (tertiary/aromatic N) is 1. The smallest absolute Gasteiger partial charge is 0.250 e. The van der Waals surface area contributed by atoms with Gasteiger partial charge in [-0.1, -0.05) is 20.8 Å². The molecule has 1 aromatic carbocycles. The second-order valence-electron chi connectivity index (χ2n) is 5.46. The molecule has 21 heavy (non-hydrogen) atoms. The van der Waals surface area contributed by atoms with Crippen LogP contribution in [0.15, 0.2) is 22.7 Å². The third kappa shape index (κ3) is 2.95. The molecule has 0 aliphatic carbocycles. The fourth-order valence-corrected chi connectivity index (χ4v) is 3.00. The summed E-state index contributed by atoms with van der Waals surface area (Å²) in [6.07, 6.45) is 0.499. The molecule has 1 aromatic rings. The van der Waals surface area contributed by atoms with Crippen LogP contribution in [0.3, 0.4) is 0 Å². The third-order valence-electron chi connectivity index (χ3n) is 3.61. The predicted octanol–water partition coefficient (Wildman–Crippen LogP) is 2.85. The fraction of sp³-hybridized carbons (Fsp3) is 0.467. The van der Waals surface area contributed by atoms with Gasteiger partial charge in [0.05, 0.1) is 5.69 Å². The van der Waals surface area contributed by atoms with Crippen molar-refractivity contribution in [3.05, 3.63) is 28.5 Å². The Hall–Kier alpha value is -1.43. The van der Waals surface area contributed by atoms with Gasteiger partial charge in [-0.15, -0.1) is 0 Å². The Bertz CT molecular complexity index is 577. The number of carbonyl (C=O) groups excluding carboxylic acids is 2. The number of halogens is 2. The zero-order chi connectivity index (χ0) is 15.7. The Kier molecular flexibility index (Phi) is 4.66. The summed E-state index contributed by atoms with van der Waals surface area (Å²) in [5, 5.41) is 2.74. The lowest BCUT2D eigenvalue weighted by molar-refractivity contribution is -0.134. The van der Waals surface area contributed by atoms with Crippen LogP contribution < -0.4 is 10.2 Å². The molecular weight excluding hydrogens is 339 g/mol. The molecule has 0 bridgehead atoms. The number of hydrogen-bond acceptors (Lipinski definition) is 2. The van der Waals surface area contributed by atoms with E-state index in [9.17, 15) is 14.0 Å². The molecule has 1 saturated heterocycles. The molecule has 6 heteroatoms. The monoisotopic (exact) mass is 356 g/mol. The van der Waals surface area contributed by atoms with Crippen molar-refractivity contribution < 1.29 is 14.0 Å². The van der Waals surface area contributed by atoms with Gasteiger partial charge >= 0.3 is 0 Å². The summed E-state index contributed by atoms with van der Waals surface area (Å²) in [7, 11) is 0. The van der Waals surface area contributed by atoms with E-state index in [1.807, 2.05) is 20.8 Å². The van der Waals surface area contributed by atoms with Gasteiger partial charge in [-0.2, -0.15) is 0 Å². The van der Waals surface area contributed by atoms with Crippen molar-refractivity contribution in [2.45, 2.75) is 39.3 Å². The van der Waals surface area contributed by atoms with E-state index < -0.39 is 17.9 Å². The average Bonchev–Trinajstić information content (AvgIpc) is 2.43. The number of carbonyl (C=O) groups is 2. The van der Waals surface area contributed by atoms with E-state index in [0.29, 0.717) is 16.6 Å². The highest BCUT2D eigenvalue weighted by Crippen LogP contribution is 2.32. The standard InChI is InChI=1S/C15H18BrFN2O2/c1-4-11-15(21)19(13(8(2)3)14(20)18-11)12-7-9(17)5-6-10(12)16/h5-8,11,13H,4H2,1-3H3,(H,18,20). The molecule has 4 nitrogen and oxygen atoms in total. The van der Waals surface area contributed by atoms with Gasteiger partial charge in [-0.05, 0) is 46.5 Å². The summed E-state index contributed by atoms with van der Waals surface area (Å²) in [4.78, 5) is 26.4. The minimum absolute atomic E-state index is 0.0816. The van der Waals surface area contributed by atoms with Crippen molar-refractivity contribution in [2.75, 3.05) is 4.90 Å². The minimum atomic E-state index is -0.640. The Morgan fingerprint density at radius 2 is 2.05 bits per heavy atom. The van der Waals surface area contributed by atoms with Crippen molar-refractivity contribution in [1.82, 2.24) is 5.32 Å². The molecule has 0 aromatic heterocycles. The van der Waals surface area contributed by atoms with Crippen LogP contribution in [-0.4, -0.2) is 23.9 Å². The number of benzene rings is 1. The SMILES string of the molecule is CCC1NC(=O)C(C(C)C)N(c2cc(F)ccc2Br)C1=O. The normalized spacial score (nSPS) is 22.7. The van der Waals surface area contributed by atoms with Crippen molar-refractivity contribution in [1.29, 1.82) is 0 Å². The van der Waals surface area contributed by atoms with Crippen LogP contribution >= 0.6 is 15.9 Å². The third-order valence-corrected chi connectivity index (χ3v) is 4.28. The van der Waals surface area contributed by atoms with Crippen LogP contribution in [0.2, 0.25) is 0 Å². The van der Waals surface area contributed by atoms with E-state index in [0.717, 1.165) is 0 Å². The summed E-state index contributed by atoms with van der Waals surface area (Å²) in [5.41, 5.74) is 0.395. The lowest BCUT2D eigenvalue weighted by Crippen LogP contribution is -2.65. The van der Waals surface area contributed by atoms with Gasteiger partial charge in [0, 0.05) is 4.47 Å². The maximum absolute atomic E-state index is 13.6. The first-order valence-corrected chi connectivity index (χ1v) is 7.74. The van der Waals surface area contributed by atoms with Crippen LogP contribution in [0, 0.1) is 11.7 Å². The highest BCUT2D eigenvalue weighted by atomic mass is 79.9. The molecule has 0 spiro atoms. The predicted molar refractivity (Wildman–Crippen MR) is 82.4 cm³/mol. The van der Waals surface area contributed by atoms with Crippen LogP contribution in [0.1, 0.15) is 27.2 Å². The van der Waals surface area contributed by atoms with Gasteiger partial charge in [0.15, 0.2) is 0 Å². The Balaban J connectivity index is 2.55. The van der Waals surface area contributed by atoms with Gasteiger partial charge in [0.2, 0.25) is 11.8 Å². The summed E-state index contributed by atoms with van der Waals surface area (Å²) < 4.78 is 14.2. The van der Waals surface area contributed by atoms with Crippen molar-refractivity contribution >= 4 is 33.4 Å². The molecule has 0 radical (unpaired) electrons. The topological polar surface area (TPSA) is 49.4 Å². The average molecular weight is 357 g/mol. The highest BCUT2D eigenvalue weighted by molar-refractivity contribution is 9.10. The Morgan fingerprint density at radius 3 is 2.62 bits per heavy atom. The van der Waals surface area contributed by atoms with E-state index in [1.165, 1.54) is 17.0 Å². The van der Waals surface area contributed by atoms with Crippen molar-refractivity contribution in [3.8, 4) is 0 Å². The van der Waals surface area contributed by atoms with Crippen LogP contribution in [-0.2, 0) is 9.59 Å². The van der Waals surface area contributed by atoms with Gasteiger partial charge in [-0.3, -0.25) is 14.5 Å². The summed E-state index contributed by atoms with van der Waals surface area (Å²) in [6.45, 7) is 5.56. The number of hydrogen-bond donors (Lipinski definition) is 1. The molecule has 2 rings (SSSR count). The molecule has 1 fully saturated rings. The number of anilines is 1. The van der Waals surface area contributed by atoms with E-state index in [4.69, 9.17) is 0 Å². The van der Waals surface area contributed by atoms with Gasteiger partial charge in [0.25, 0.3) is 0 Å². The van der Waals surface area contributed by atoms with Crippen molar-refractivity contribution in [3.63, 3.8) is 0 Å². The minimum Gasteiger partial charge on any atom is -0.342 e. The molecule has 2 unspecified atom stereocenters. The summed E-state index contributed by atoms with van der Waals surface area (Å²) >= 11 is 3.34. The first kappa shape index (κ1) is 15.9. The van der Waals surface area contributed by atoms with Crippen LogP contribution in [0.5, 0.6) is 0 Å². The fourth-order valence-electron chi connectivity index (χ4n) is 2.56. The molecular formula is C15H18BrFN2O2. The quantitative estimate of drug-likeness (QED) is 0.905. The molecule has 114 valence electrons. The molecule has 2 amide bonds. The van der Waals surface area contributed by atoms with E-state index in [1.54, 1.807) is 6.07 Å². The molecule has 2 atom stereocenters. The Labute approximate surface area is 131 Å². The van der Waals surface area contributed by atoms with Crippen LogP contribution in [0.25, 0.3) is 0 Å². The first-order valence-electron chi connectivity index (χ1n) is 6.95. The number of rotatable bonds is 3. The van der Waals surface area contributed by atoms with Gasteiger partial charge in [0.1, 0.15) is 17.9 Å². The first-order chi connectivity index (χ1) is 9.86. The summed E-state index contributed by atoms with van der Waals surface area (Å²) in [6, 6.07) is 2.93.